The zero-order valence-electron chi connectivity index (χ0n) is 17.5. The molecule has 2 amide bonds. The molecule has 0 fully saturated rings. The lowest BCUT2D eigenvalue weighted by molar-refractivity contribution is -0.385. The number of amides is 2. The summed E-state index contributed by atoms with van der Waals surface area (Å²) < 4.78 is 0. The zero-order valence-corrected chi connectivity index (χ0v) is 17.5. The predicted octanol–water partition coefficient (Wildman–Crippen LogP) is 3.05. The van der Waals surface area contributed by atoms with Crippen molar-refractivity contribution in [3.05, 3.63) is 79.9 Å². The minimum atomic E-state index is -0.532. The Kier molecular flexibility index (Phi) is 9.80. The van der Waals surface area contributed by atoms with E-state index in [1.54, 1.807) is 12.1 Å². The van der Waals surface area contributed by atoms with Gasteiger partial charge in [0.2, 0.25) is 11.8 Å². The van der Waals surface area contributed by atoms with Gasteiger partial charge < -0.3 is 0 Å². The number of carbonyl (C=O) groups is 2. The predicted molar refractivity (Wildman–Crippen MR) is 121 cm³/mol. The second kappa shape index (κ2) is 13.0. The summed E-state index contributed by atoms with van der Waals surface area (Å²) in [5.74, 6) is -0.688. The van der Waals surface area contributed by atoms with E-state index in [-0.39, 0.29) is 47.2 Å². The van der Waals surface area contributed by atoms with E-state index in [4.69, 9.17) is 0 Å². The lowest BCUT2D eigenvalue weighted by atomic mass is 10.1. The molecule has 12 heteroatoms. The number of hydrogen-bond acceptors (Lipinski definition) is 8. The Labute approximate surface area is 188 Å². The third-order valence-corrected chi connectivity index (χ3v) is 4.36. The van der Waals surface area contributed by atoms with Crippen molar-refractivity contribution in [3.8, 4) is 0 Å². The van der Waals surface area contributed by atoms with Crippen LogP contribution in [0.15, 0.2) is 58.7 Å². The van der Waals surface area contributed by atoms with Gasteiger partial charge in [-0.15, -0.1) is 0 Å². The summed E-state index contributed by atoms with van der Waals surface area (Å²) in [5, 5.41) is 29.3. The van der Waals surface area contributed by atoms with Gasteiger partial charge in [0, 0.05) is 25.0 Å². The van der Waals surface area contributed by atoms with Gasteiger partial charge in [-0.05, 0) is 25.0 Å². The van der Waals surface area contributed by atoms with Gasteiger partial charge in [-0.3, -0.25) is 29.8 Å². The third kappa shape index (κ3) is 8.65. The molecule has 2 aromatic carbocycles. The van der Waals surface area contributed by atoms with Gasteiger partial charge in [-0.1, -0.05) is 30.7 Å². The number of nitrogens with one attached hydrogen (secondary N) is 2. The molecule has 33 heavy (non-hydrogen) atoms. The van der Waals surface area contributed by atoms with E-state index in [1.165, 1.54) is 48.8 Å². The van der Waals surface area contributed by atoms with E-state index in [2.05, 4.69) is 21.1 Å². The molecule has 0 spiro atoms. The largest absolute Gasteiger partial charge is 0.278 e. The van der Waals surface area contributed by atoms with Gasteiger partial charge in [-0.2, -0.15) is 10.2 Å². The molecule has 0 aromatic heterocycles. The number of nitro benzene ring substituents is 2. The lowest BCUT2D eigenvalue weighted by Crippen LogP contribution is -2.18. The van der Waals surface area contributed by atoms with Crippen molar-refractivity contribution < 1.29 is 19.4 Å². The number of unbranched alkanes of at least 4 members (excludes halogenated alkanes) is 2. The highest BCUT2D eigenvalue weighted by atomic mass is 16.6. The molecule has 0 radical (unpaired) electrons. The lowest BCUT2D eigenvalue weighted by Gasteiger charge is -2.02. The number of carbonyl (C=O) groups excluding carboxylic acids is 2. The Morgan fingerprint density at radius 1 is 0.727 bits per heavy atom. The van der Waals surface area contributed by atoms with Crippen LogP contribution in [0.1, 0.15) is 43.2 Å². The molecule has 0 aliphatic rings. The molecule has 0 aliphatic heterocycles. The summed E-state index contributed by atoms with van der Waals surface area (Å²) in [6, 6.07) is 12.1. The van der Waals surface area contributed by atoms with Crippen LogP contribution >= 0.6 is 0 Å². The maximum atomic E-state index is 11.8. The summed E-state index contributed by atoms with van der Waals surface area (Å²) in [7, 11) is 0. The molecular formula is C21H22N6O6. The third-order valence-electron chi connectivity index (χ3n) is 4.36. The Morgan fingerprint density at radius 3 is 1.52 bits per heavy atom. The van der Waals surface area contributed by atoms with Crippen molar-refractivity contribution in [1.82, 2.24) is 10.9 Å². The molecule has 0 heterocycles. The first-order valence-corrected chi connectivity index (χ1v) is 9.99. The SMILES string of the molecule is O=C(CCCCCC(=O)NN=Cc1ccccc1[N+](=O)[O-])NN=Cc1ccccc1[N+](=O)[O-]. The van der Waals surface area contributed by atoms with Crippen molar-refractivity contribution in [2.75, 3.05) is 0 Å². The minimum Gasteiger partial charge on any atom is -0.273 e. The average molecular weight is 454 g/mol. The maximum absolute atomic E-state index is 11.8. The number of rotatable bonds is 12. The zero-order chi connectivity index (χ0) is 24.1. The average Bonchev–Trinajstić information content (AvgIpc) is 2.79. The monoisotopic (exact) mass is 454 g/mol. The number of hydrogen-bond donors (Lipinski definition) is 2. The van der Waals surface area contributed by atoms with E-state index in [0.717, 1.165) is 0 Å². The molecular weight excluding hydrogens is 432 g/mol. The first-order chi connectivity index (χ1) is 15.9. The number of hydrazone groups is 2. The number of nitro groups is 2. The summed E-state index contributed by atoms with van der Waals surface area (Å²) in [5.41, 5.74) is 4.96. The van der Waals surface area contributed by atoms with Crippen LogP contribution in [0.4, 0.5) is 11.4 Å². The van der Waals surface area contributed by atoms with Crippen LogP contribution in [0.5, 0.6) is 0 Å². The van der Waals surface area contributed by atoms with E-state index in [9.17, 15) is 29.8 Å². The van der Waals surface area contributed by atoms with Crippen LogP contribution in [-0.4, -0.2) is 34.1 Å². The summed E-state index contributed by atoms with van der Waals surface area (Å²) >= 11 is 0. The van der Waals surface area contributed by atoms with E-state index >= 15 is 0 Å². The first kappa shape index (κ1) is 24.8. The second-order valence-corrected chi connectivity index (χ2v) is 6.78. The Morgan fingerprint density at radius 2 is 1.12 bits per heavy atom. The van der Waals surface area contributed by atoms with E-state index in [1.807, 2.05) is 0 Å². The molecule has 12 nitrogen and oxygen atoms in total. The molecule has 2 rings (SSSR count). The standard InChI is InChI=1S/C21H22N6O6/c28-20(24-22-14-16-8-4-6-10-18(16)26(30)31)12-2-1-3-13-21(29)25-23-15-17-9-5-7-11-19(17)27(32)33/h4-11,14-15H,1-3,12-13H2,(H,24,28)(H,25,29). The first-order valence-electron chi connectivity index (χ1n) is 9.99. The van der Waals surface area contributed by atoms with Crippen LogP contribution in [0.2, 0.25) is 0 Å². The van der Waals surface area contributed by atoms with Crippen molar-refractivity contribution in [3.63, 3.8) is 0 Å². The summed E-state index contributed by atoms with van der Waals surface area (Å²) in [4.78, 5) is 44.4. The van der Waals surface area contributed by atoms with Crippen LogP contribution < -0.4 is 10.9 Å². The Bertz CT molecular complexity index is 985. The molecule has 0 atom stereocenters. The molecule has 2 aromatic rings. The normalized spacial score (nSPS) is 10.9. The number of benzene rings is 2. The highest BCUT2D eigenvalue weighted by Crippen LogP contribution is 2.16. The van der Waals surface area contributed by atoms with Crippen LogP contribution in [0, 0.1) is 20.2 Å². The maximum Gasteiger partial charge on any atom is 0.278 e. The van der Waals surface area contributed by atoms with E-state index < -0.39 is 9.85 Å². The van der Waals surface area contributed by atoms with Crippen LogP contribution in [0.25, 0.3) is 0 Å². The highest BCUT2D eigenvalue weighted by molar-refractivity contribution is 5.87. The number of para-hydroxylation sites is 2. The van der Waals surface area contributed by atoms with Crippen molar-refractivity contribution in [1.29, 1.82) is 0 Å². The van der Waals surface area contributed by atoms with Crippen LogP contribution in [-0.2, 0) is 9.59 Å². The van der Waals surface area contributed by atoms with Crippen molar-refractivity contribution >= 4 is 35.6 Å². The Hall–Kier alpha value is -4.48. The molecule has 0 bridgehead atoms. The fourth-order valence-electron chi connectivity index (χ4n) is 2.73. The van der Waals surface area contributed by atoms with Gasteiger partial charge >= 0.3 is 0 Å². The quantitative estimate of drug-likeness (QED) is 0.216. The molecule has 0 unspecified atom stereocenters. The molecule has 0 saturated heterocycles. The van der Waals surface area contributed by atoms with Crippen molar-refractivity contribution in [2.45, 2.75) is 32.1 Å². The van der Waals surface area contributed by atoms with Gasteiger partial charge in [0.25, 0.3) is 11.4 Å². The van der Waals surface area contributed by atoms with Gasteiger partial charge in [0.15, 0.2) is 0 Å². The topological polar surface area (TPSA) is 169 Å². The van der Waals surface area contributed by atoms with Gasteiger partial charge in [0.05, 0.1) is 33.4 Å². The molecule has 172 valence electrons. The van der Waals surface area contributed by atoms with Gasteiger partial charge in [0.1, 0.15) is 0 Å². The highest BCUT2D eigenvalue weighted by Gasteiger charge is 2.11. The van der Waals surface area contributed by atoms with Crippen LogP contribution in [0.3, 0.4) is 0 Å². The fourth-order valence-corrected chi connectivity index (χ4v) is 2.73. The second-order valence-electron chi connectivity index (χ2n) is 6.78. The smallest absolute Gasteiger partial charge is 0.273 e. The van der Waals surface area contributed by atoms with Gasteiger partial charge in [-0.25, -0.2) is 10.9 Å². The summed E-state index contributed by atoms with van der Waals surface area (Å²) in [6.07, 6.45) is 4.47. The molecule has 0 aliphatic carbocycles. The fraction of sp³-hybridized carbons (Fsp3) is 0.238. The molecule has 2 N–H and O–H groups in total. The molecule has 0 saturated carbocycles. The Balaban J connectivity index is 1.63. The minimum absolute atomic E-state index is 0.111. The van der Waals surface area contributed by atoms with Crippen molar-refractivity contribution in [2.24, 2.45) is 10.2 Å². The van der Waals surface area contributed by atoms with E-state index in [0.29, 0.717) is 19.3 Å². The summed E-state index contributed by atoms with van der Waals surface area (Å²) in [6.45, 7) is 0. The number of nitrogens with zero attached hydrogens (tertiary/aromatic N) is 4.